The highest BCUT2D eigenvalue weighted by Gasteiger charge is 2.34. The molecule has 1 fully saturated rings. The van der Waals surface area contributed by atoms with E-state index in [4.69, 9.17) is 16.3 Å². The summed E-state index contributed by atoms with van der Waals surface area (Å²) in [5, 5.41) is 3.49. The topological polar surface area (TPSA) is 34.2 Å². The quantitative estimate of drug-likeness (QED) is 0.907. The molecule has 0 amide bonds. The van der Waals surface area contributed by atoms with Crippen LogP contribution in [0.15, 0.2) is 12.3 Å². The summed E-state index contributed by atoms with van der Waals surface area (Å²) in [4.78, 5) is 4.01. The van der Waals surface area contributed by atoms with Gasteiger partial charge in [-0.2, -0.15) is 0 Å². The van der Waals surface area contributed by atoms with Crippen LogP contribution in [0.5, 0.6) is 0 Å². The van der Waals surface area contributed by atoms with E-state index in [2.05, 4.69) is 24.1 Å². The molecule has 1 aromatic rings. The monoisotopic (exact) mass is 286 g/mol. The highest BCUT2D eigenvalue weighted by molar-refractivity contribution is 6.30. The molecule has 1 atom stereocenters. The number of nitrogens with one attached hydrogen (secondary N) is 1. The van der Waals surface area contributed by atoms with Crippen molar-refractivity contribution in [2.75, 3.05) is 11.9 Å². The minimum atomic E-state index is -0.405. The number of halogens is 2. The minimum Gasteiger partial charge on any atom is -0.375 e. The molecular formula is C14H20ClFN2O. The summed E-state index contributed by atoms with van der Waals surface area (Å²) >= 11 is 5.70. The van der Waals surface area contributed by atoms with Crippen LogP contribution in [0, 0.1) is 5.82 Å². The van der Waals surface area contributed by atoms with Crippen LogP contribution in [-0.4, -0.2) is 23.2 Å². The Morgan fingerprint density at radius 3 is 2.89 bits per heavy atom. The molecule has 5 heteroatoms. The van der Waals surface area contributed by atoms with Crippen LogP contribution in [-0.2, 0) is 4.74 Å². The van der Waals surface area contributed by atoms with Gasteiger partial charge >= 0.3 is 0 Å². The fourth-order valence-corrected chi connectivity index (χ4v) is 2.75. The first-order chi connectivity index (χ1) is 9.08. The second-order valence-electron chi connectivity index (χ2n) is 5.06. The van der Waals surface area contributed by atoms with Crippen molar-refractivity contribution in [3.8, 4) is 0 Å². The van der Waals surface area contributed by atoms with Crippen LogP contribution in [0.25, 0.3) is 0 Å². The molecule has 1 aliphatic rings. The van der Waals surface area contributed by atoms with Gasteiger partial charge in [0.05, 0.1) is 10.6 Å². The molecular weight excluding hydrogens is 267 g/mol. The van der Waals surface area contributed by atoms with Crippen molar-refractivity contribution < 1.29 is 9.13 Å². The lowest BCUT2D eigenvalue weighted by atomic mass is 9.86. The summed E-state index contributed by atoms with van der Waals surface area (Å²) in [7, 11) is 0. The summed E-state index contributed by atoms with van der Waals surface area (Å²) in [6.07, 6.45) is 5.14. The number of hydrogen-bond donors (Lipinski definition) is 1. The third kappa shape index (κ3) is 3.37. The minimum absolute atomic E-state index is 0.0845. The third-order valence-electron chi connectivity index (χ3n) is 3.93. The van der Waals surface area contributed by atoms with E-state index in [0.29, 0.717) is 11.6 Å². The number of nitrogens with zero attached hydrogens (tertiary/aromatic N) is 1. The van der Waals surface area contributed by atoms with Crippen LogP contribution in [0.3, 0.4) is 0 Å². The first-order valence-electron chi connectivity index (χ1n) is 6.80. The van der Waals surface area contributed by atoms with Crippen molar-refractivity contribution in [1.82, 2.24) is 4.98 Å². The maximum atomic E-state index is 13.7. The molecule has 0 aromatic carbocycles. The smallest absolute Gasteiger partial charge is 0.166 e. The number of aromatic nitrogens is 1. The van der Waals surface area contributed by atoms with Crippen LogP contribution in [0.4, 0.5) is 10.2 Å². The molecule has 3 nitrogen and oxygen atoms in total. The zero-order valence-corrected chi connectivity index (χ0v) is 12.1. The number of hydrogen-bond acceptors (Lipinski definition) is 3. The zero-order chi connectivity index (χ0) is 13.9. The maximum absolute atomic E-state index is 13.7. The van der Waals surface area contributed by atoms with Crippen molar-refractivity contribution in [2.45, 2.75) is 51.2 Å². The summed E-state index contributed by atoms with van der Waals surface area (Å²) in [6, 6.07) is 1.47. The molecule has 1 saturated heterocycles. The average Bonchev–Trinajstić information content (AvgIpc) is 2.42. The Morgan fingerprint density at radius 2 is 2.26 bits per heavy atom. The Bertz CT molecular complexity index is 437. The van der Waals surface area contributed by atoms with Crippen LogP contribution >= 0.6 is 11.6 Å². The van der Waals surface area contributed by atoms with Gasteiger partial charge in [-0.15, -0.1) is 0 Å². The van der Waals surface area contributed by atoms with Crippen molar-refractivity contribution in [3.63, 3.8) is 0 Å². The molecule has 1 aromatic heterocycles. The van der Waals surface area contributed by atoms with Crippen molar-refractivity contribution in [1.29, 1.82) is 0 Å². The lowest BCUT2D eigenvalue weighted by Crippen LogP contribution is -2.43. The first-order valence-corrected chi connectivity index (χ1v) is 7.18. The van der Waals surface area contributed by atoms with E-state index in [0.717, 1.165) is 25.7 Å². The predicted octanol–water partition coefficient (Wildman–Crippen LogP) is 4.02. The van der Waals surface area contributed by atoms with Gasteiger partial charge in [-0.3, -0.25) is 0 Å². The molecule has 106 valence electrons. The molecule has 1 aliphatic heterocycles. The second-order valence-corrected chi connectivity index (χ2v) is 5.49. The number of pyridine rings is 1. The maximum Gasteiger partial charge on any atom is 0.166 e. The van der Waals surface area contributed by atoms with Crippen molar-refractivity contribution in [3.05, 3.63) is 23.1 Å². The second kappa shape index (κ2) is 6.06. The summed E-state index contributed by atoms with van der Waals surface area (Å²) < 4.78 is 19.6. The summed E-state index contributed by atoms with van der Waals surface area (Å²) in [5.41, 5.74) is -0.0845. The van der Waals surface area contributed by atoms with Gasteiger partial charge in [-0.1, -0.05) is 25.4 Å². The molecule has 2 heterocycles. The third-order valence-corrected chi connectivity index (χ3v) is 4.14. The molecule has 2 rings (SSSR count). The van der Waals surface area contributed by atoms with E-state index in [1.807, 2.05) is 0 Å². The largest absolute Gasteiger partial charge is 0.375 e. The van der Waals surface area contributed by atoms with E-state index in [1.54, 1.807) is 0 Å². The predicted molar refractivity (Wildman–Crippen MR) is 75.1 cm³/mol. The molecule has 0 aliphatic carbocycles. The van der Waals surface area contributed by atoms with Crippen LogP contribution in [0.1, 0.15) is 39.5 Å². The Morgan fingerprint density at radius 1 is 1.53 bits per heavy atom. The van der Waals surface area contributed by atoms with E-state index in [-0.39, 0.29) is 17.5 Å². The van der Waals surface area contributed by atoms with Gasteiger partial charge in [0.25, 0.3) is 0 Å². The van der Waals surface area contributed by atoms with E-state index >= 15 is 0 Å². The van der Waals surface area contributed by atoms with Crippen LogP contribution in [0.2, 0.25) is 5.02 Å². The normalized spacial score (nSPS) is 22.2. The van der Waals surface area contributed by atoms with E-state index in [9.17, 15) is 4.39 Å². The fraction of sp³-hybridized carbons (Fsp3) is 0.643. The summed E-state index contributed by atoms with van der Waals surface area (Å²) in [5.74, 6) is -0.130. The number of anilines is 1. The van der Waals surface area contributed by atoms with Crippen molar-refractivity contribution >= 4 is 17.4 Å². The molecule has 0 bridgehead atoms. The lowest BCUT2D eigenvalue weighted by molar-refractivity contribution is -0.0865. The lowest BCUT2D eigenvalue weighted by Gasteiger charge is -2.40. The molecule has 19 heavy (non-hydrogen) atoms. The Hall–Kier alpha value is -0.870. The van der Waals surface area contributed by atoms with Gasteiger partial charge in [-0.25, -0.2) is 9.37 Å². The van der Waals surface area contributed by atoms with Gasteiger partial charge in [0.15, 0.2) is 11.6 Å². The number of ether oxygens (including phenoxy) is 1. The standard InChI is InChI=1S/C14H20ClFN2O/c1-3-14(4-2)8-11(5-6-19-14)18-13-12(16)7-10(15)9-17-13/h7,9,11H,3-6,8H2,1-2H3,(H,17,18). The molecule has 0 spiro atoms. The summed E-state index contributed by atoms with van der Waals surface area (Å²) in [6.45, 7) is 4.97. The zero-order valence-electron chi connectivity index (χ0n) is 11.4. The van der Waals surface area contributed by atoms with Gasteiger partial charge in [0, 0.05) is 18.8 Å². The van der Waals surface area contributed by atoms with Gasteiger partial charge in [0.1, 0.15) is 0 Å². The highest BCUT2D eigenvalue weighted by atomic mass is 35.5. The van der Waals surface area contributed by atoms with Gasteiger partial charge in [-0.05, 0) is 31.7 Å². The molecule has 1 unspecified atom stereocenters. The first kappa shape index (κ1) is 14.5. The van der Waals surface area contributed by atoms with E-state index in [1.165, 1.54) is 12.3 Å². The molecule has 1 N–H and O–H groups in total. The van der Waals surface area contributed by atoms with Crippen molar-refractivity contribution in [2.24, 2.45) is 0 Å². The Labute approximate surface area is 118 Å². The SMILES string of the molecule is CCC1(CC)CC(Nc2ncc(Cl)cc2F)CCO1. The molecule has 0 radical (unpaired) electrons. The highest BCUT2D eigenvalue weighted by Crippen LogP contribution is 2.32. The van der Waals surface area contributed by atoms with E-state index < -0.39 is 5.82 Å². The fourth-order valence-electron chi connectivity index (χ4n) is 2.61. The molecule has 0 saturated carbocycles. The van der Waals surface area contributed by atoms with Gasteiger partial charge in [0.2, 0.25) is 0 Å². The number of rotatable bonds is 4. The van der Waals surface area contributed by atoms with Crippen LogP contribution < -0.4 is 5.32 Å². The average molecular weight is 287 g/mol. The van der Waals surface area contributed by atoms with Gasteiger partial charge < -0.3 is 10.1 Å². The Balaban J connectivity index is 2.06. The Kier molecular flexibility index (Phi) is 4.63.